The number of carbonyl (C=O) groups excluding carboxylic acids is 5. The Balaban J connectivity index is 1.20. The summed E-state index contributed by atoms with van der Waals surface area (Å²) in [5, 5.41) is 8.41. The maximum atomic E-state index is 14.5. The van der Waals surface area contributed by atoms with Crippen LogP contribution in [0.4, 0.5) is 0 Å². The number of amides is 4. The smallest absolute Gasteiger partial charge is 0.302 e. The number of likely N-dealkylation sites (tertiary alicyclic amines) is 2. The van der Waals surface area contributed by atoms with Gasteiger partial charge in [-0.05, 0) is 94.5 Å². The molecule has 0 unspecified atom stereocenters. The second-order valence-electron chi connectivity index (χ2n) is 19.3. The summed E-state index contributed by atoms with van der Waals surface area (Å²) in [5.41, 5.74) is 8.66. The number of benzene rings is 1. The van der Waals surface area contributed by atoms with Gasteiger partial charge in [-0.3, -0.25) is 34.0 Å². The number of methoxy groups -OCH3 is 1. The molecule has 0 saturated carbocycles. The summed E-state index contributed by atoms with van der Waals surface area (Å²) >= 11 is 1.43. The first-order valence-corrected chi connectivity index (χ1v) is 24.5. The van der Waals surface area contributed by atoms with Crippen molar-refractivity contribution in [2.24, 2.45) is 16.7 Å². The second-order valence-corrected chi connectivity index (χ2v) is 20.2. The third kappa shape index (κ3) is 10.4. The quantitative estimate of drug-likeness (QED) is 0.0956. The zero-order chi connectivity index (χ0) is 48.2. The Kier molecular flexibility index (Phi) is 15.2. The van der Waals surface area contributed by atoms with Crippen LogP contribution in [0.3, 0.4) is 0 Å². The Hall–Kier alpha value is -5.63. The van der Waals surface area contributed by atoms with Crippen molar-refractivity contribution in [2.45, 2.75) is 119 Å². The summed E-state index contributed by atoms with van der Waals surface area (Å²) in [6, 6.07) is 8.63. The zero-order valence-electron chi connectivity index (χ0n) is 40.5. The molecule has 4 atom stereocenters. The number of aryl methyl sites for hydroxylation is 1. The van der Waals surface area contributed by atoms with Gasteiger partial charge in [-0.25, -0.2) is 10.4 Å². The summed E-state index contributed by atoms with van der Waals surface area (Å²) in [6.45, 7) is 18.4. The molecule has 3 aliphatic rings. The molecule has 15 nitrogen and oxygen atoms in total. The highest BCUT2D eigenvalue weighted by Crippen LogP contribution is 2.44. The molecule has 4 amide bonds. The highest BCUT2D eigenvalue weighted by atomic mass is 32.1. The van der Waals surface area contributed by atoms with Gasteiger partial charge < -0.3 is 29.2 Å². The number of fused-ring (bicyclic) bond motifs is 1. The SMILES string of the molecule is CC#CC(=O)N1CC[C@]2(CCN([C@H](C(=O)N[C@@H](Cc3nc(-c4ccc5c(c4)c(CC(C)(C)COC(C)=O)c(-c4cccnc4[C@H](C)OC)n5CC)cs3)C(=O)N3CCCCN3)C(C)C)C2=O)C1. The molecule has 3 fully saturated rings. The molecule has 0 aliphatic carbocycles. The van der Waals surface area contributed by atoms with Crippen LogP contribution in [-0.2, 0) is 52.8 Å². The lowest BCUT2D eigenvalue weighted by atomic mass is 9.84. The molecule has 4 aromatic rings. The van der Waals surface area contributed by atoms with E-state index in [9.17, 15) is 24.0 Å². The van der Waals surface area contributed by atoms with E-state index in [1.54, 1.807) is 35.0 Å². The molecule has 67 heavy (non-hydrogen) atoms. The van der Waals surface area contributed by atoms with E-state index in [-0.39, 0.29) is 55.3 Å². The Labute approximate surface area is 398 Å². The number of hydrazine groups is 1. The molecular weight excluding hydrogens is 869 g/mol. The largest absolute Gasteiger partial charge is 0.465 e. The Morgan fingerprint density at radius 1 is 1.07 bits per heavy atom. The van der Waals surface area contributed by atoms with Crippen LogP contribution in [0.5, 0.6) is 0 Å². The maximum absolute atomic E-state index is 14.5. The molecule has 0 bridgehead atoms. The van der Waals surface area contributed by atoms with Crippen molar-refractivity contribution in [1.29, 1.82) is 0 Å². The number of aromatic nitrogens is 3. The lowest BCUT2D eigenvalue weighted by Crippen LogP contribution is -2.59. The van der Waals surface area contributed by atoms with Crippen molar-refractivity contribution in [3.8, 4) is 34.4 Å². The van der Waals surface area contributed by atoms with Crippen molar-refractivity contribution in [2.75, 3.05) is 46.4 Å². The summed E-state index contributed by atoms with van der Waals surface area (Å²) in [5.74, 6) is 3.61. The normalized spacial score (nSPS) is 18.9. The van der Waals surface area contributed by atoms with Gasteiger partial charge in [0.05, 0.1) is 40.2 Å². The minimum absolute atomic E-state index is 0.133. The van der Waals surface area contributed by atoms with E-state index < -0.39 is 28.8 Å². The van der Waals surface area contributed by atoms with Crippen LogP contribution in [-0.4, -0.2) is 117 Å². The van der Waals surface area contributed by atoms with Crippen molar-refractivity contribution >= 4 is 51.8 Å². The van der Waals surface area contributed by atoms with Crippen LogP contribution < -0.4 is 10.7 Å². The van der Waals surface area contributed by atoms with Gasteiger partial charge in [-0.1, -0.05) is 39.7 Å². The van der Waals surface area contributed by atoms with Crippen molar-refractivity contribution < 1.29 is 33.4 Å². The predicted molar refractivity (Wildman–Crippen MR) is 258 cm³/mol. The standard InChI is InChI=1S/C51H66N8O7S/c1-10-15-43(61)56-24-19-51(30-56)20-25-58(49(51)64)45(32(3)4)47(62)55-39(48(63)59-23-13-12-22-53-59)27-42-54-40(29-67-42)35-17-18-41-37(26-35)38(28-50(7,8)31-66-34(6)60)46(57(41)11-2)36-16-14-21-52-44(36)33(5)65-9/h14,16-18,21,26,29,32-33,39,45,53H,11-13,19-20,22-25,27-28,30-31H2,1-9H3,(H,55,62)/t33-,39-,45-,51-/m0/s1. The van der Waals surface area contributed by atoms with Crippen LogP contribution in [0.15, 0.2) is 41.9 Å². The Morgan fingerprint density at radius 2 is 1.85 bits per heavy atom. The third-order valence-electron chi connectivity index (χ3n) is 13.5. The molecule has 3 aromatic heterocycles. The summed E-state index contributed by atoms with van der Waals surface area (Å²) in [6.07, 6.45) is 5.11. The molecule has 3 aliphatic heterocycles. The zero-order valence-corrected chi connectivity index (χ0v) is 41.3. The van der Waals surface area contributed by atoms with Crippen LogP contribution in [0, 0.1) is 28.6 Å². The van der Waals surface area contributed by atoms with E-state index in [2.05, 4.69) is 72.2 Å². The number of carbonyl (C=O) groups is 5. The van der Waals surface area contributed by atoms with Crippen molar-refractivity contribution in [3.05, 3.63) is 58.2 Å². The highest BCUT2D eigenvalue weighted by Gasteiger charge is 2.54. The first-order valence-electron chi connectivity index (χ1n) is 23.6. The molecular formula is C51H66N8O7S. The molecule has 3 saturated heterocycles. The maximum Gasteiger partial charge on any atom is 0.302 e. The average molecular weight is 935 g/mol. The number of nitrogens with one attached hydrogen (secondary N) is 2. The highest BCUT2D eigenvalue weighted by molar-refractivity contribution is 7.10. The van der Waals surface area contributed by atoms with Crippen LogP contribution >= 0.6 is 11.3 Å². The second kappa shape index (κ2) is 20.7. The topological polar surface area (TPSA) is 168 Å². The molecule has 7 rings (SSSR count). The third-order valence-corrected chi connectivity index (χ3v) is 14.4. The van der Waals surface area contributed by atoms with E-state index in [1.165, 1.54) is 18.3 Å². The number of nitrogens with zero attached hydrogens (tertiary/aromatic N) is 6. The number of rotatable bonds is 16. The van der Waals surface area contributed by atoms with Gasteiger partial charge in [0.15, 0.2) is 0 Å². The predicted octanol–water partition coefficient (Wildman–Crippen LogP) is 6.34. The van der Waals surface area contributed by atoms with E-state index >= 15 is 0 Å². The summed E-state index contributed by atoms with van der Waals surface area (Å²) in [4.78, 5) is 80.9. The number of thiazole rings is 1. The van der Waals surface area contributed by atoms with Gasteiger partial charge in [0.1, 0.15) is 12.1 Å². The minimum atomic E-state index is -0.949. The van der Waals surface area contributed by atoms with Crippen LogP contribution in [0.25, 0.3) is 33.4 Å². The van der Waals surface area contributed by atoms with E-state index in [0.29, 0.717) is 57.0 Å². The fourth-order valence-electron chi connectivity index (χ4n) is 10.0. The lowest BCUT2D eigenvalue weighted by molar-refractivity contribution is -0.146. The molecule has 16 heteroatoms. The van der Waals surface area contributed by atoms with Gasteiger partial charge in [0, 0.05) is 98.7 Å². The Morgan fingerprint density at radius 3 is 2.54 bits per heavy atom. The van der Waals surface area contributed by atoms with Gasteiger partial charge in [0.25, 0.3) is 11.8 Å². The van der Waals surface area contributed by atoms with Gasteiger partial charge in [-0.2, -0.15) is 0 Å². The fourth-order valence-corrected chi connectivity index (χ4v) is 10.9. The van der Waals surface area contributed by atoms with Gasteiger partial charge in [-0.15, -0.1) is 11.3 Å². The Bertz CT molecular complexity index is 2570. The number of hydrogen-bond donors (Lipinski definition) is 2. The van der Waals surface area contributed by atoms with Crippen LogP contribution in [0.2, 0.25) is 0 Å². The number of hydrogen-bond acceptors (Lipinski definition) is 11. The van der Waals surface area contributed by atoms with Gasteiger partial charge in [0.2, 0.25) is 11.8 Å². The van der Waals surface area contributed by atoms with Crippen molar-refractivity contribution in [3.63, 3.8) is 0 Å². The van der Waals surface area contributed by atoms with E-state index in [4.69, 9.17) is 19.4 Å². The van der Waals surface area contributed by atoms with Gasteiger partial charge >= 0.3 is 5.97 Å². The van der Waals surface area contributed by atoms with Crippen molar-refractivity contribution in [1.82, 2.24) is 40.1 Å². The average Bonchev–Trinajstić information content (AvgIpc) is 4.11. The number of pyridine rings is 1. The van der Waals surface area contributed by atoms with Crippen LogP contribution in [0.1, 0.15) is 103 Å². The number of ether oxygens (including phenoxy) is 2. The minimum Gasteiger partial charge on any atom is -0.465 e. The molecule has 2 N–H and O–H groups in total. The van der Waals surface area contributed by atoms with E-state index in [1.807, 2.05) is 32.2 Å². The molecule has 6 heterocycles. The first kappa shape index (κ1) is 49.3. The monoisotopic (exact) mass is 934 g/mol. The molecule has 0 radical (unpaired) electrons. The lowest BCUT2D eigenvalue weighted by Gasteiger charge is -2.34. The molecule has 358 valence electrons. The summed E-state index contributed by atoms with van der Waals surface area (Å²) < 4.78 is 13.7. The fraction of sp³-hybridized carbons (Fsp3) is 0.549. The first-order chi connectivity index (χ1) is 32.0. The molecule has 1 aromatic carbocycles. The molecule has 1 spiro atoms. The van der Waals surface area contributed by atoms with E-state index in [0.717, 1.165) is 57.5 Å². The number of esters is 1. The summed E-state index contributed by atoms with van der Waals surface area (Å²) in [7, 11) is 1.68.